The maximum atomic E-state index is 4.43. The number of pyridine rings is 1. The number of aryl methyl sites for hydroxylation is 1. The lowest BCUT2D eigenvalue weighted by Gasteiger charge is -2.11. The van der Waals surface area contributed by atoms with Crippen LogP contribution < -0.4 is 5.32 Å². The Labute approximate surface area is 102 Å². The van der Waals surface area contributed by atoms with E-state index >= 15 is 0 Å². The first kappa shape index (κ1) is 11.8. The van der Waals surface area contributed by atoms with Gasteiger partial charge in [0.15, 0.2) is 0 Å². The van der Waals surface area contributed by atoms with Gasteiger partial charge in [0.1, 0.15) is 0 Å². The van der Waals surface area contributed by atoms with E-state index in [1.165, 1.54) is 0 Å². The number of nitrogens with one attached hydrogen (secondary N) is 1. The summed E-state index contributed by atoms with van der Waals surface area (Å²) in [7, 11) is 0. The first-order chi connectivity index (χ1) is 8.16. The van der Waals surface area contributed by atoms with Crippen molar-refractivity contribution >= 4 is 0 Å². The highest BCUT2D eigenvalue weighted by atomic mass is 15.3. The predicted octanol–water partition coefficient (Wildman–Crippen LogP) is 2.07. The van der Waals surface area contributed by atoms with Gasteiger partial charge in [-0.05, 0) is 19.1 Å². The van der Waals surface area contributed by atoms with E-state index in [0.29, 0.717) is 6.04 Å². The van der Waals surface area contributed by atoms with Gasteiger partial charge in [-0.3, -0.25) is 4.98 Å². The molecule has 0 saturated carbocycles. The number of hydrogen-bond donors (Lipinski definition) is 1. The third kappa shape index (κ3) is 2.91. The molecule has 0 aliphatic heterocycles. The fourth-order valence-corrected chi connectivity index (χ4v) is 1.64. The van der Waals surface area contributed by atoms with Crippen LogP contribution in [0.15, 0.2) is 30.7 Å². The normalized spacial score (nSPS) is 11.1. The highest BCUT2D eigenvalue weighted by molar-refractivity contribution is 5.38. The fraction of sp³-hybridized carbons (Fsp3) is 0.385. The van der Waals surface area contributed by atoms with Crippen molar-refractivity contribution < 1.29 is 0 Å². The van der Waals surface area contributed by atoms with Gasteiger partial charge in [0.25, 0.3) is 0 Å². The van der Waals surface area contributed by atoms with E-state index in [0.717, 1.165) is 23.5 Å². The lowest BCUT2D eigenvalue weighted by Crippen LogP contribution is -2.22. The molecule has 4 heteroatoms. The fourth-order valence-electron chi connectivity index (χ4n) is 1.64. The van der Waals surface area contributed by atoms with Crippen LogP contribution >= 0.6 is 0 Å². The van der Waals surface area contributed by atoms with Crippen LogP contribution in [0.4, 0.5) is 0 Å². The van der Waals surface area contributed by atoms with Crippen molar-refractivity contribution in [3.05, 3.63) is 42.0 Å². The van der Waals surface area contributed by atoms with Gasteiger partial charge in [0, 0.05) is 36.7 Å². The zero-order valence-corrected chi connectivity index (χ0v) is 10.5. The molecular weight excluding hydrogens is 212 g/mol. The second-order valence-electron chi connectivity index (χ2n) is 4.44. The van der Waals surface area contributed by atoms with Crippen molar-refractivity contribution in [3.63, 3.8) is 0 Å². The molecule has 2 aromatic heterocycles. The second kappa shape index (κ2) is 5.10. The van der Waals surface area contributed by atoms with Crippen molar-refractivity contribution in [2.24, 2.45) is 0 Å². The Kier molecular flexibility index (Phi) is 3.54. The summed E-state index contributed by atoms with van der Waals surface area (Å²) in [4.78, 5) is 4.17. The average molecular weight is 230 g/mol. The summed E-state index contributed by atoms with van der Waals surface area (Å²) in [5.74, 6) is 0. The molecule has 1 N–H and O–H groups in total. The van der Waals surface area contributed by atoms with Crippen LogP contribution in [0.1, 0.15) is 25.1 Å². The molecule has 4 nitrogen and oxygen atoms in total. The van der Waals surface area contributed by atoms with Crippen molar-refractivity contribution in [2.45, 2.75) is 33.4 Å². The van der Waals surface area contributed by atoms with E-state index in [9.17, 15) is 0 Å². The largest absolute Gasteiger partial charge is 0.310 e. The van der Waals surface area contributed by atoms with Crippen LogP contribution in [0.3, 0.4) is 0 Å². The molecule has 2 aromatic rings. The first-order valence-corrected chi connectivity index (χ1v) is 5.85. The molecule has 0 amide bonds. The molecule has 0 unspecified atom stereocenters. The number of nitrogens with zero attached hydrogens (tertiary/aromatic N) is 3. The highest BCUT2D eigenvalue weighted by Crippen LogP contribution is 2.12. The Balaban J connectivity index is 2.27. The van der Waals surface area contributed by atoms with Crippen molar-refractivity contribution in [3.8, 4) is 5.69 Å². The second-order valence-corrected chi connectivity index (χ2v) is 4.44. The molecule has 0 atom stereocenters. The standard InChI is InChI=1S/C13H18N4/c1-10(2)15-9-12-8-14-6-4-13(12)17-7-5-11(3)16-17/h4-8,10,15H,9H2,1-3H3. The van der Waals surface area contributed by atoms with Gasteiger partial charge in [-0.1, -0.05) is 13.8 Å². The summed E-state index contributed by atoms with van der Waals surface area (Å²) in [5.41, 5.74) is 3.26. The van der Waals surface area contributed by atoms with Gasteiger partial charge in [-0.25, -0.2) is 4.68 Å². The predicted molar refractivity (Wildman–Crippen MR) is 68.1 cm³/mol. The molecule has 0 fully saturated rings. The lowest BCUT2D eigenvalue weighted by atomic mass is 10.2. The molecule has 0 radical (unpaired) electrons. The van der Waals surface area contributed by atoms with E-state index in [2.05, 4.69) is 29.2 Å². The van der Waals surface area contributed by atoms with E-state index in [4.69, 9.17) is 0 Å². The molecule has 17 heavy (non-hydrogen) atoms. The molecule has 0 aromatic carbocycles. The van der Waals surface area contributed by atoms with Crippen molar-refractivity contribution in [1.82, 2.24) is 20.1 Å². The molecular formula is C13H18N4. The minimum atomic E-state index is 0.461. The van der Waals surface area contributed by atoms with Gasteiger partial charge < -0.3 is 5.32 Å². The smallest absolute Gasteiger partial charge is 0.0721 e. The minimum Gasteiger partial charge on any atom is -0.310 e. The molecule has 0 aliphatic rings. The van der Waals surface area contributed by atoms with Gasteiger partial charge >= 0.3 is 0 Å². The van der Waals surface area contributed by atoms with Gasteiger partial charge in [-0.2, -0.15) is 5.10 Å². The van der Waals surface area contributed by atoms with Gasteiger partial charge in [0.05, 0.1) is 11.4 Å². The summed E-state index contributed by atoms with van der Waals surface area (Å²) in [5, 5.41) is 7.83. The van der Waals surface area contributed by atoms with Crippen LogP contribution in [0.2, 0.25) is 0 Å². The molecule has 90 valence electrons. The van der Waals surface area contributed by atoms with E-state index in [1.54, 1.807) is 6.20 Å². The Bertz CT molecular complexity index is 488. The minimum absolute atomic E-state index is 0.461. The Morgan fingerprint density at radius 3 is 2.82 bits per heavy atom. The van der Waals surface area contributed by atoms with Gasteiger partial charge in [-0.15, -0.1) is 0 Å². The zero-order chi connectivity index (χ0) is 12.3. The molecule has 0 saturated heterocycles. The summed E-state index contributed by atoms with van der Waals surface area (Å²) in [6.07, 6.45) is 5.66. The third-order valence-corrected chi connectivity index (χ3v) is 2.55. The summed E-state index contributed by atoms with van der Waals surface area (Å²) in [6.45, 7) is 7.06. The maximum absolute atomic E-state index is 4.43. The Hall–Kier alpha value is -1.68. The SMILES string of the molecule is Cc1ccn(-c2ccncc2CNC(C)C)n1. The number of hydrogen-bond acceptors (Lipinski definition) is 3. The van der Waals surface area contributed by atoms with Crippen molar-refractivity contribution in [2.75, 3.05) is 0 Å². The Morgan fingerprint density at radius 1 is 1.35 bits per heavy atom. The van der Waals surface area contributed by atoms with E-state index in [1.807, 2.05) is 36.1 Å². The van der Waals surface area contributed by atoms with E-state index < -0.39 is 0 Å². The van der Waals surface area contributed by atoms with Crippen LogP contribution in [0.25, 0.3) is 5.69 Å². The van der Waals surface area contributed by atoms with E-state index in [-0.39, 0.29) is 0 Å². The molecule has 2 rings (SSSR count). The molecule has 0 spiro atoms. The number of aromatic nitrogens is 3. The molecule has 2 heterocycles. The Morgan fingerprint density at radius 2 is 2.18 bits per heavy atom. The van der Waals surface area contributed by atoms with Gasteiger partial charge in [0.2, 0.25) is 0 Å². The van der Waals surface area contributed by atoms with Crippen LogP contribution in [0.5, 0.6) is 0 Å². The topological polar surface area (TPSA) is 42.7 Å². The summed E-state index contributed by atoms with van der Waals surface area (Å²) >= 11 is 0. The van der Waals surface area contributed by atoms with Crippen LogP contribution in [0, 0.1) is 6.92 Å². The monoisotopic (exact) mass is 230 g/mol. The average Bonchev–Trinajstić information content (AvgIpc) is 2.73. The maximum Gasteiger partial charge on any atom is 0.0721 e. The zero-order valence-electron chi connectivity index (χ0n) is 10.5. The van der Waals surface area contributed by atoms with Crippen LogP contribution in [-0.2, 0) is 6.54 Å². The molecule has 0 bridgehead atoms. The summed E-state index contributed by atoms with van der Waals surface area (Å²) < 4.78 is 1.90. The lowest BCUT2D eigenvalue weighted by molar-refractivity contribution is 0.585. The highest BCUT2D eigenvalue weighted by Gasteiger charge is 2.05. The summed E-state index contributed by atoms with van der Waals surface area (Å²) in [6, 6.07) is 4.45. The first-order valence-electron chi connectivity index (χ1n) is 5.85. The number of rotatable bonds is 4. The van der Waals surface area contributed by atoms with Crippen molar-refractivity contribution in [1.29, 1.82) is 0 Å². The third-order valence-electron chi connectivity index (χ3n) is 2.55. The molecule has 0 aliphatic carbocycles. The van der Waals surface area contributed by atoms with Crippen LogP contribution in [-0.4, -0.2) is 20.8 Å². The quantitative estimate of drug-likeness (QED) is 0.874.